The van der Waals surface area contributed by atoms with E-state index in [0.29, 0.717) is 0 Å². The Morgan fingerprint density at radius 2 is 1.93 bits per heavy atom. The molecule has 1 fully saturated rings. The summed E-state index contributed by atoms with van der Waals surface area (Å²) in [6.07, 6.45) is -0.462. The van der Waals surface area contributed by atoms with E-state index in [1.165, 1.54) is 0 Å². The number of carbonyl (C=O) groups excluding carboxylic acids is 2. The van der Waals surface area contributed by atoms with Crippen molar-refractivity contribution in [2.45, 2.75) is 31.6 Å². The lowest BCUT2D eigenvalue weighted by atomic mass is 10.3. The van der Waals surface area contributed by atoms with Gasteiger partial charge in [0.15, 0.2) is 5.25 Å². The molecule has 0 saturated carbocycles. The highest BCUT2D eigenvalue weighted by Crippen LogP contribution is 2.21. The van der Waals surface area contributed by atoms with E-state index in [1.807, 2.05) is 0 Å². The van der Waals surface area contributed by atoms with Gasteiger partial charge in [-0.25, -0.2) is 0 Å². The fourth-order valence-corrected chi connectivity index (χ4v) is 2.12. The van der Waals surface area contributed by atoms with Crippen LogP contribution in [0.3, 0.4) is 0 Å². The fourth-order valence-electron chi connectivity index (χ4n) is 1.40. The van der Waals surface area contributed by atoms with Gasteiger partial charge in [0.25, 0.3) is 16.0 Å². The Balaban J connectivity index is 3.02. The van der Waals surface area contributed by atoms with Crippen molar-refractivity contribution in [2.24, 2.45) is 0 Å². The number of amides is 2. The minimum atomic E-state index is -4.46. The minimum absolute atomic E-state index is 0.387. The zero-order valence-corrected chi connectivity index (χ0v) is 8.61. The molecule has 0 spiro atoms. The van der Waals surface area contributed by atoms with E-state index < -0.39 is 33.6 Å². The molecule has 1 heterocycles. The first-order valence-corrected chi connectivity index (χ1v) is 5.57. The zero-order valence-electron chi connectivity index (χ0n) is 7.80. The van der Waals surface area contributed by atoms with Crippen LogP contribution in [0.1, 0.15) is 20.3 Å². The molecule has 1 aliphatic rings. The second-order valence-electron chi connectivity index (χ2n) is 3.40. The van der Waals surface area contributed by atoms with Crippen LogP contribution in [0.15, 0.2) is 0 Å². The topological polar surface area (TPSA) is 91.8 Å². The SMILES string of the molecule is CC(C)N1C(=O)CC(S(=O)(=O)O)C1=O. The Hall–Kier alpha value is -0.950. The number of hydrogen-bond donors (Lipinski definition) is 1. The van der Waals surface area contributed by atoms with Gasteiger partial charge in [0.05, 0.1) is 6.42 Å². The molecule has 1 aliphatic heterocycles. The molecule has 0 aromatic carbocycles. The zero-order chi connectivity index (χ0) is 11.1. The standard InChI is InChI=1S/C7H11NO5S/c1-4(2)8-6(9)3-5(7(8)10)14(11,12)13/h4-5H,3H2,1-2H3,(H,11,12,13). The van der Waals surface area contributed by atoms with Crippen LogP contribution in [0.4, 0.5) is 0 Å². The molecule has 1 saturated heterocycles. The predicted molar refractivity (Wildman–Crippen MR) is 46.9 cm³/mol. The molecule has 1 N–H and O–H groups in total. The van der Waals surface area contributed by atoms with Crippen molar-refractivity contribution in [3.63, 3.8) is 0 Å². The van der Waals surface area contributed by atoms with Gasteiger partial charge in [0.1, 0.15) is 0 Å². The van der Waals surface area contributed by atoms with Crippen LogP contribution in [0.5, 0.6) is 0 Å². The lowest BCUT2D eigenvalue weighted by molar-refractivity contribution is -0.140. The van der Waals surface area contributed by atoms with Gasteiger partial charge in [-0.2, -0.15) is 8.42 Å². The van der Waals surface area contributed by atoms with E-state index in [9.17, 15) is 18.0 Å². The molecular weight excluding hydrogens is 210 g/mol. The molecule has 0 radical (unpaired) electrons. The fraction of sp³-hybridized carbons (Fsp3) is 0.714. The van der Waals surface area contributed by atoms with Gasteiger partial charge in [0, 0.05) is 6.04 Å². The molecule has 0 aliphatic carbocycles. The van der Waals surface area contributed by atoms with Crippen LogP contribution in [0, 0.1) is 0 Å². The molecule has 0 aromatic heterocycles. The maximum atomic E-state index is 11.4. The molecule has 80 valence electrons. The van der Waals surface area contributed by atoms with E-state index in [-0.39, 0.29) is 6.04 Å². The first kappa shape index (κ1) is 11.1. The van der Waals surface area contributed by atoms with Crippen molar-refractivity contribution in [3.8, 4) is 0 Å². The first-order valence-electron chi connectivity index (χ1n) is 4.07. The van der Waals surface area contributed by atoms with Crippen LogP contribution in [0.2, 0.25) is 0 Å². The van der Waals surface area contributed by atoms with Gasteiger partial charge in [0.2, 0.25) is 5.91 Å². The molecule has 14 heavy (non-hydrogen) atoms. The van der Waals surface area contributed by atoms with E-state index in [4.69, 9.17) is 4.55 Å². The van der Waals surface area contributed by atoms with Gasteiger partial charge in [-0.3, -0.25) is 19.0 Å². The van der Waals surface area contributed by atoms with E-state index in [2.05, 4.69) is 0 Å². The van der Waals surface area contributed by atoms with Crippen LogP contribution in [0.25, 0.3) is 0 Å². The van der Waals surface area contributed by atoms with E-state index >= 15 is 0 Å². The average molecular weight is 221 g/mol. The van der Waals surface area contributed by atoms with Gasteiger partial charge in [-0.15, -0.1) is 0 Å². The summed E-state index contributed by atoms with van der Waals surface area (Å²) in [5.74, 6) is -1.40. The van der Waals surface area contributed by atoms with Crippen molar-refractivity contribution in [1.82, 2.24) is 4.90 Å². The van der Waals surface area contributed by atoms with Crippen molar-refractivity contribution in [1.29, 1.82) is 0 Å². The summed E-state index contributed by atoms with van der Waals surface area (Å²) < 4.78 is 30.1. The Morgan fingerprint density at radius 3 is 2.14 bits per heavy atom. The summed E-state index contributed by atoms with van der Waals surface area (Å²) in [6, 6.07) is -0.387. The first-order chi connectivity index (χ1) is 6.25. The van der Waals surface area contributed by atoms with Gasteiger partial charge >= 0.3 is 0 Å². The minimum Gasteiger partial charge on any atom is -0.285 e. The lowest BCUT2D eigenvalue weighted by Crippen LogP contribution is -2.39. The highest BCUT2D eigenvalue weighted by molar-refractivity contribution is 7.87. The van der Waals surface area contributed by atoms with Crippen molar-refractivity contribution in [3.05, 3.63) is 0 Å². The van der Waals surface area contributed by atoms with Crippen LogP contribution < -0.4 is 0 Å². The summed E-state index contributed by atoms with van der Waals surface area (Å²) in [4.78, 5) is 23.4. The number of rotatable bonds is 2. The predicted octanol–water partition coefficient (Wildman–Crippen LogP) is -0.590. The smallest absolute Gasteiger partial charge is 0.277 e. The van der Waals surface area contributed by atoms with Crippen LogP contribution in [-0.2, 0) is 19.7 Å². The van der Waals surface area contributed by atoms with E-state index in [1.54, 1.807) is 13.8 Å². The molecule has 0 aromatic rings. The molecule has 2 amide bonds. The summed E-state index contributed by atoms with van der Waals surface area (Å²) in [7, 11) is -4.46. The number of likely N-dealkylation sites (tertiary alicyclic amines) is 1. The molecule has 7 heteroatoms. The summed E-state index contributed by atoms with van der Waals surface area (Å²) in [6.45, 7) is 3.20. The normalized spacial score (nSPS) is 23.7. The molecule has 1 unspecified atom stereocenters. The lowest BCUT2D eigenvalue weighted by Gasteiger charge is -2.18. The van der Waals surface area contributed by atoms with Gasteiger partial charge in [-0.1, -0.05) is 0 Å². The summed E-state index contributed by atoms with van der Waals surface area (Å²) >= 11 is 0. The molecular formula is C7H11NO5S. The highest BCUT2D eigenvalue weighted by Gasteiger charge is 2.46. The monoisotopic (exact) mass is 221 g/mol. The Kier molecular flexibility index (Phi) is 2.64. The van der Waals surface area contributed by atoms with Crippen LogP contribution in [-0.4, -0.2) is 41.0 Å². The second-order valence-corrected chi connectivity index (χ2v) is 5.00. The van der Waals surface area contributed by atoms with Crippen LogP contribution >= 0.6 is 0 Å². The maximum Gasteiger partial charge on any atom is 0.277 e. The quantitative estimate of drug-likeness (QED) is 0.497. The number of carbonyl (C=O) groups is 2. The molecule has 1 atom stereocenters. The summed E-state index contributed by atoms with van der Waals surface area (Å²) in [5, 5.41) is -1.61. The molecule has 0 bridgehead atoms. The van der Waals surface area contributed by atoms with Gasteiger partial charge < -0.3 is 0 Å². The third-order valence-electron chi connectivity index (χ3n) is 2.02. The van der Waals surface area contributed by atoms with Gasteiger partial charge in [-0.05, 0) is 13.8 Å². The number of imide groups is 1. The van der Waals surface area contributed by atoms with Crippen molar-refractivity contribution in [2.75, 3.05) is 0 Å². The Morgan fingerprint density at radius 1 is 1.43 bits per heavy atom. The Bertz CT molecular complexity index is 372. The molecule has 6 nitrogen and oxygen atoms in total. The number of nitrogens with zero attached hydrogens (tertiary/aromatic N) is 1. The molecule has 1 rings (SSSR count). The third kappa shape index (κ3) is 1.78. The highest BCUT2D eigenvalue weighted by atomic mass is 32.2. The van der Waals surface area contributed by atoms with Crippen molar-refractivity contribution >= 4 is 21.9 Å². The third-order valence-corrected chi connectivity index (χ3v) is 3.10. The van der Waals surface area contributed by atoms with E-state index in [0.717, 1.165) is 4.90 Å². The summed E-state index contributed by atoms with van der Waals surface area (Å²) in [5.41, 5.74) is 0. The maximum absolute atomic E-state index is 11.4. The second kappa shape index (κ2) is 3.32. The average Bonchev–Trinajstić information content (AvgIpc) is 2.24. The number of hydrogen-bond acceptors (Lipinski definition) is 4. The Labute approximate surface area is 81.6 Å². The van der Waals surface area contributed by atoms with Crippen molar-refractivity contribution < 1.29 is 22.6 Å². The largest absolute Gasteiger partial charge is 0.285 e.